The molecule has 0 amide bonds. The average molecular weight is 176 g/mol. The first-order valence-electron chi connectivity index (χ1n) is 2.97. The molecule has 11 heavy (non-hydrogen) atoms. The number of aryl methyl sites for hydroxylation is 1. The largest absolute Gasteiger partial charge is 0.364 e. The van der Waals surface area contributed by atoms with Crippen molar-refractivity contribution >= 4 is 10.0 Å². The lowest BCUT2D eigenvalue weighted by Crippen LogP contribution is -2.17. The van der Waals surface area contributed by atoms with E-state index in [-0.39, 0.29) is 5.75 Å². The predicted molar refractivity (Wildman–Crippen MR) is 38.2 cm³/mol. The molecular weight excluding hydrogens is 168 g/mol. The first-order chi connectivity index (χ1) is 5.08. The van der Waals surface area contributed by atoms with Crippen LogP contribution in [0.1, 0.15) is 5.56 Å². The molecule has 0 saturated carbocycles. The van der Waals surface area contributed by atoms with Crippen LogP contribution in [-0.2, 0) is 16.4 Å². The molecule has 0 aliphatic rings. The number of primary sulfonamides is 1. The third-order valence-corrected chi connectivity index (χ3v) is 1.93. The Morgan fingerprint density at radius 1 is 1.64 bits per heavy atom. The highest BCUT2D eigenvalue weighted by molar-refractivity contribution is 7.89. The quantitative estimate of drug-likeness (QED) is 0.673. The molecule has 0 radical (unpaired) electrons. The van der Waals surface area contributed by atoms with Gasteiger partial charge in [-0.2, -0.15) is 0 Å². The van der Waals surface area contributed by atoms with Crippen molar-refractivity contribution in [2.75, 3.05) is 5.75 Å². The van der Waals surface area contributed by atoms with Crippen LogP contribution in [0.5, 0.6) is 0 Å². The highest BCUT2D eigenvalue weighted by atomic mass is 32.2. The fraction of sp³-hybridized carbons (Fsp3) is 0.400. The number of hydrogen-bond acceptors (Lipinski definition) is 4. The third-order valence-electron chi connectivity index (χ3n) is 1.16. The summed E-state index contributed by atoms with van der Waals surface area (Å²) >= 11 is 0. The highest BCUT2D eigenvalue weighted by Gasteiger charge is 2.03. The predicted octanol–water partition coefficient (Wildman–Crippen LogP) is -0.494. The zero-order valence-electron chi connectivity index (χ0n) is 5.73. The minimum Gasteiger partial charge on any atom is -0.364 e. The molecule has 6 heteroatoms. The molecule has 1 aromatic rings. The van der Waals surface area contributed by atoms with Gasteiger partial charge in [0.25, 0.3) is 0 Å². The van der Waals surface area contributed by atoms with E-state index >= 15 is 0 Å². The molecule has 1 rings (SSSR count). The molecule has 0 fully saturated rings. The zero-order chi connectivity index (χ0) is 8.32. The van der Waals surface area contributed by atoms with Crippen LogP contribution < -0.4 is 5.14 Å². The number of sulfonamides is 1. The fourth-order valence-electron chi connectivity index (χ4n) is 0.610. The summed E-state index contributed by atoms with van der Waals surface area (Å²) in [6, 6.07) is 0. The van der Waals surface area contributed by atoms with E-state index in [0.717, 1.165) is 5.56 Å². The molecule has 2 N–H and O–H groups in total. The normalized spacial score (nSPS) is 11.7. The van der Waals surface area contributed by atoms with E-state index in [2.05, 4.69) is 9.68 Å². The van der Waals surface area contributed by atoms with Gasteiger partial charge in [-0.25, -0.2) is 13.6 Å². The van der Waals surface area contributed by atoms with Gasteiger partial charge in [-0.05, 0) is 6.42 Å². The van der Waals surface area contributed by atoms with Gasteiger partial charge in [-0.1, -0.05) is 5.16 Å². The van der Waals surface area contributed by atoms with E-state index in [9.17, 15) is 8.42 Å². The maximum absolute atomic E-state index is 10.5. The van der Waals surface area contributed by atoms with Gasteiger partial charge in [-0.15, -0.1) is 0 Å². The van der Waals surface area contributed by atoms with Crippen molar-refractivity contribution in [2.45, 2.75) is 6.42 Å². The Morgan fingerprint density at radius 2 is 2.36 bits per heavy atom. The standard InChI is InChI=1S/C5H8N2O3S/c6-11(8,9)2-1-5-3-7-10-4-5/h3-4H,1-2H2,(H2,6,8,9). The van der Waals surface area contributed by atoms with Crippen molar-refractivity contribution in [2.24, 2.45) is 5.14 Å². The Kier molecular flexibility index (Phi) is 2.25. The summed E-state index contributed by atoms with van der Waals surface area (Å²) in [7, 11) is -3.37. The summed E-state index contributed by atoms with van der Waals surface area (Å²) in [6.45, 7) is 0. The minimum absolute atomic E-state index is 0.0752. The van der Waals surface area contributed by atoms with Crippen molar-refractivity contribution in [3.63, 3.8) is 0 Å². The van der Waals surface area contributed by atoms with Gasteiger partial charge in [-0.3, -0.25) is 0 Å². The van der Waals surface area contributed by atoms with Gasteiger partial charge in [0, 0.05) is 5.56 Å². The second-order valence-corrected chi connectivity index (χ2v) is 3.88. The summed E-state index contributed by atoms with van der Waals surface area (Å²) in [5.41, 5.74) is 0.735. The first kappa shape index (κ1) is 8.22. The Hall–Kier alpha value is -0.880. The third kappa shape index (κ3) is 3.15. The lowest BCUT2D eigenvalue weighted by Gasteiger charge is -1.92. The molecule has 0 aliphatic carbocycles. The van der Waals surface area contributed by atoms with E-state index in [1.165, 1.54) is 12.5 Å². The SMILES string of the molecule is NS(=O)(=O)CCc1cnoc1. The van der Waals surface area contributed by atoms with Crippen molar-refractivity contribution in [1.82, 2.24) is 5.16 Å². The molecule has 0 saturated heterocycles. The van der Waals surface area contributed by atoms with E-state index < -0.39 is 10.0 Å². The summed E-state index contributed by atoms with van der Waals surface area (Å²) in [5, 5.41) is 8.19. The van der Waals surface area contributed by atoms with E-state index in [1.807, 2.05) is 0 Å². The monoisotopic (exact) mass is 176 g/mol. The van der Waals surface area contributed by atoms with E-state index in [1.54, 1.807) is 0 Å². The molecule has 0 aliphatic heterocycles. The lowest BCUT2D eigenvalue weighted by molar-refractivity contribution is 0.419. The average Bonchev–Trinajstić information content (AvgIpc) is 2.32. The second-order valence-electron chi connectivity index (χ2n) is 2.15. The van der Waals surface area contributed by atoms with Gasteiger partial charge >= 0.3 is 0 Å². The molecule has 0 unspecified atom stereocenters. The molecule has 0 aromatic carbocycles. The number of rotatable bonds is 3. The number of nitrogens with two attached hydrogens (primary N) is 1. The van der Waals surface area contributed by atoms with E-state index in [4.69, 9.17) is 5.14 Å². The van der Waals surface area contributed by atoms with Crippen molar-refractivity contribution in [1.29, 1.82) is 0 Å². The minimum atomic E-state index is -3.37. The maximum Gasteiger partial charge on any atom is 0.209 e. The summed E-state index contributed by atoms with van der Waals surface area (Å²) in [5.74, 6) is -0.0752. The summed E-state index contributed by atoms with van der Waals surface area (Å²) in [4.78, 5) is 0. The van der Waals surface area contributed by atoms with Gasteiger partial charge in [0.1, 0.15) is 6.26 Å². The molecule has 0 spiro atoms. The molecule has 0 bridgehead atoms. The van der Waals surface area contributed by atoms with E-state index in [0.29, 0.717) is 6.42 Å². The first-order valence-corrected chi connectivity index (χ1v) is 4.68. The number of aromatic nitrogens is 1. The van der Waals surface area contributed by atoms with Gasteiger partial charge in [0.05, 0.1) is 11.9 Å². The van der Waals surface area contributed by atoms with Crippen LogP contribution in [0.3, 0.4) is 0 Å². The molecule has 62 valence electrons. The molecule has 5 nitrogen and oxygen atoms in total. The fourth-order valence-corrected chi connectivity index (χ4v) is 1.13. The van der Waals surface area contributed by atoms with Crippen LogP contribution in [0, 0.1) is 0 Å². The maximum atomic E-state index is 10.5. The van der Waals surface area contributed by atoms with Crippen LogP contribution in [0.2, 0.25) is 0 Å². The molecular formula is C5H8N2O3S. The van der Waals surface area contributed by atoms with Crippen molar-refractivity contribution in [3.05, 3.63) is 18.0 Å². The summed E-state index contributed by atoms with van der Waals surface area (Å²) < 4.78 is 25.4. The lowest BCUT2D eigenvalue weighted by atomic mass is 10.3. The van der Waals surface area contributed by atoms with Crippen LogP contribution in [-0.4, -0.2) is 19.3 Å². The van der Waals surface area contributed by atoms with Crippen LogP contribution in [0.4, 0.5) is 0 Å². The van der Waals surface area contributed by atoms with Crippen LogP contribution in [0.25, 0.3) is 0 Å². The Morgan fingerprint density at radius 3 is 2.82 bits per heavy atom. The van der Waals surface area contributed by atoms with Crippen molar-refractivity contribution < 1.29 is 12.9 Å². The topological polar surface area (TPSA) is 86.2 Å². The highest BCUT2D eigenvalue weighted by Crippen LogP contribution is 1.98. The smallest absolute Gasteiger partial charge is 0.209 e. The van der Waals surface area contributed by atoms with Crippen LogP contribution in [0.15, 0.2) is 17.0 Å². The Bertz CT molecular complexity index is 302. The second kappa shape index (κ2) is 3.02. The van der Waals surface area contributed by atoms with Gasteiger partial charge < -0.3 is 4.52 Å². The zero-order valence-corrected chi connectivity index (χ0v) is 6.54. The number of nitrogens with zero attached hydrogens (tertiary/aromatic N) is 1. The van der Waals surface area contributed by atoms with Crippen LogP contribution >= 0.6 is 0 Å². The number of hydrogen-bond donors (Lipinski definition) is 1. The van der Waals surface area contributed by atoms with Crippen molar-refractivity contribution in [3.8, 4) is 0 Å². The molecule has 0 atom stereocenters. The summed E-state index contributed by atoms with van der Waals surface area (Å²) in [6.07, 6.45) is 3.21. The Balaban J connectivity index is 2.48. The van der Waals surface area contributed by atoms with Gasteiger partial charge in [0.15, 0.2) is 0 Å². The Labute approximate surface area is 64.2 Å². The van der Waals surface area contributed by atoms with Gasteiger partial charge in [0.2, 0.25) is 10.0 Å². The molecule has 1 aromatic heterocycles. The molecule has 1 heterocycles.